The van der Waals surface area contributed by atoms with Crippen LogP contribution in [-0.4, -0.2) is 91.9 Å². The fourth-order valence-electron chi connectivity index (χ4n) is 6.11. The number of carbonyl (C=O) groups is 4. The molecule has 0 saturated carbocycles. The number of nitrogens with zero attached hydrogens (tertiary/aromatic N) is 2. The first kappa shape index (κ1) is 29.2. The van der Waals surface area contributed by atoms with Gasteiger partial charge in [0.05, 0.1) is 17.1 Å². The van der Waals surface area contributed by atoms with Gasteiger partial charge in [-0.1, -0.05) is 0 Å². The van der Waals surface area contributed by atoms with Crippen molar-refractivity contribution in [1.29, 1.82) is 0 Å². The number of aliphatic hydroxyl groups excluding tert-OH is 2. The summed E-state index contributed by atoms with van der Waals surface area (Å²) in [6.45, 7) is 2.97. The van der Waals surface area contributed by atoms with Crippen LogP contribution in [0.1, 0.15) is 41.8 Å². The first-order valence-corrected chi connectivity index (χ1v) is 12.6. The zero-order valence-corrected chi connectivity index (χ0v) is 22.8. The minimum absolute atomic E-state index is 0.00414. The Labute approximate surface area is 229 Å². The summed E-state index contributed by atoms with van der Waals surface area (Å²) in [7, 11) is 4.58. The Hall–Kier alpha value is -3.81. The molecule has 13 heteroatoms. The summed E-state index contributed by atoms with van der Waals surface area (Å²) < 4.78 is 15.9. The van der Waals surface area contributed by atoms with E-state index < -0.39 is 92.2 Å². The average Bonchev–Trinajstić information content (AvgIpc) is 2.83. The third-order valence-corrected chi connectivity index (χ3v) is 8.70. The Kier molecular flexibility index (Phi) is 6.85. The SMILES string of the molecule is CN(C)[C@@H]1C(O)=C(C(N)=O)C(=O)[C@@]2(O)C(O)=C3C(=O)c4c(O)cc(CN(C)C(C)(C)C(N)=O)c(F)c4C[C@H]3C[C@@H]12. The number of halogens is 1. The van der Waals surface area contributed by atoms with Crippen molar-refractivity contribution in [3.63, 3.8) is 0 Å². The van der Waals surface area contributed by atoms with Gasteiger partial charge in [0.1, 0.15) is 28.7 Å². The molecule has 3 aliphatic rings. The van der Waals surface area contributed by atoms with Gasteiger partial charge in [-0.3, -0.25) is 29.0 Å². The number of likely N-dealkylation sites (N-methyl/N-ethyl adjacent to an activating group) is 2. The largest absolute Gasteiger partial charge is 0.510 e. The molecule has 8 N–H and O–H groups in total. The summed E-state index contributed by atoms with van der Waals surface area (Å²) in [4.78, 5) is 53.8. The van der Waals surface area contributed by atoms with Gasteiger partial charge in [0.15, 0.2) is 11.4 Å². The molecular formula is C27H33FN4O8. The molecule has 4 rings (SSSR count). The number of allylic oxidation sites excluding steroid dienone is 1. The summed E-state index contributed by atoms with van der Waals surface area (Å²) in [6.07, 6.45) is -0.352. The molecule has 0 radical (unpaired) electrons. The minimum atomic E-state index is -2.78. The molecule has 2 amide bonds. The molecule has 0 spiro atoms. The topological polar surface area (TPSA) is 208 Å². The highest BCUT2D eigenvalue weighted by atomic mass is 19.1. The lowest BCUT2D eigenvalue weighted by atomic mass is 9.58. The standard InChI is InChI=1S/C27H33FN4O8/c1-26(2,25(30)39)32(5)9-11-8-14(33)16-12(18(11)28)6-10-7-13-19(31(3)4)21(35)17(24(29)38)23(37)27(13,40)22(36)15(10)20(16)34/h8,10,13,19,33,35-36,40H,6-7,9H2,1-5H3,(H2,29,38)(H2,30,39)/t10-,13-,19-,27-/m0/s1. The average molecular weight is 561 g/mol. The van der Waals surface area contributed by atoms with Crippen LogP contribution in [0.15, 0.2) is 28.7 Å². The van der Waals surface area contributed by atoms with Crippen molar-refractivity contribution in [3.8, 4) is 5.75 Å². The van der Waals surface area contributed by atoms with Crippen LogP contribution < -0.4 is 11.5 Å². The predicted molar refractivity (Wildman–Crippen MR) is 138 cm³/mol. The number of phenolic OH excluding ortho intramolecular Hbond substituents is 1. The highest BCUT2D eigenvalue weighted by molar-refractivity contribution is 6.24. The second kappa shape index (κ2) is 9.39. The summed E-state index contributed by atoms with van der Waals surface area (Å²) >= 11 is 0. The number of amides is 2. The fraction of sp³-hybridized carbons (Fsp3) is 0.481. The van der Waals surface area contributed by atoms with E-state index in [2.05, 4.69) is 0 Å². The van der Waals surface area contributed by atoms with Crippen molar-refractivity contribution >= 4 is 23.4 Å². The molecule has 216 valence electrons. The van der Waals surface area contributed by atoms with E-state index in [0.29, 0.717) is 0 Å². The Morgan fingerprint density at radius 3 is 2.27 bits per heavy atom. The summed E-state index contributed by atoms with van der Waals surface area (Å²) in [6, 6.07) is -0.114. The lowest BCUT2D eigenvalue weighted by molar-refractivity contribution is -0.148. The van der Waals surface area contributed by atoms with Gasteiger partial charge in [0.2, 0.25) is 11.7 Å². The maximum Gasteiger partial charge on any atom is 0.255 e. The van der Waals surface area contributed by atoms with Crippen molar-refractivity contribution < 1.29 is 44.0 Å². The van der Waals surface area contributed by atoms with Gasteiger partial charge in [0.25, 0.3) is 5.91 Å². The maximum absolute atomic E-state index is 15.9. The number of carbonyl (C=O) groups excluding carboxylic acids is 4. The van der Waals surface area contributed by atoms with Crippen molar-refractivity contribution in [2.45, 2.75) is 50.4 Å². The van der Waals surface area contributed by atoms with Gasteiger partial charge >= 0.3 is 0 Å². The van der Waals surface area contributed by atoms with Crippen LogP contribution in [0.25, 0.3) is 0 Å². The second-order valence-corrected chi connectivity index (χ2v) is 11.5. The Balaban J connectivity index is 1.86. The number of hydrogen-bond donors (Lipinski definition) is 6. The molecular weight excluding hydrogens is 527 g/mol. The van der Waals surface area contributed by atoms with Gasteiger partial charge in [-0.15, -0.1) is 0 Å². The van der Waals surface area contributed by atoms with E-state index in [1.54, 1.807) is 20.9 Å². The van der Waals surface area contributed by atoms with Crippen molar-refractivity contribution in [2.75, 3.05) is 21.1 Å². The number of nitrogens with two attached hydrogens (primary N) is 2. The summed E-state index contributed by atoms with van der Waals surface area (Å²) in [5, 5.41) is 44.5. The first-order chi connectivity index (χ1) is 18.4. The number of aliphatic hydroxyl groups is 3. The van der Waals surface area contributed by atoms with Gasteiger partial charge < -0.3 is 31.9 Å². The number of phenols is 1. The zero-order chi connectivity index (χ0) is 30.2. The molecule has 0 bridgehead atoms. The van der Waals surface area contributed by atoms with Crippen LogP contribution in [-0.2, 0) is 27.3 Å². The number of benzene rings is 1. The summed E-state index contributed by atoms with van der Waals surface area (Å²) in [5.74, 6) is -9.55. The molecule has 1 aromatic carbocycles. The van der Waals surface area contributed by atoms with E-state index in [0.717, 1.165) is 6.07 Å². The molecule has 40 heavy (non-hydrogen) atoms. The number of primary amides is 2. The van der Waals surface area contributed by atoms with E-state index >= 15 is 4.39 Å². The number of Topliss-reactive ketones (excluding diaryl/α,β-unsaturated/α-hetero) is 2. The molecule has 0 heterocycles. The molecule has 0 saturated heterocycles. The number of rotatable bonds is 6. The molecule has 0 fully saturated rings. The molecule has 0 unspecified atom stereocenters. The quantitative estimate of drug-likeness (QED) is 0.256. The van der Waals surface area contributed by atoms with E-state index in [-0.39, 0.29) is 30.5 Å². The number of ketones is 2. The molecule has 0 aliphatic heterocycles. The summed E-state index contributed by atoms with van der Waals surface area (Å²) in [5.41, 5.74) is 4.99. The second-order valence-electron chi connectivity index (χ2n) is 11.5. The number of fused-ring (bicyclic) bond motifs is 3. The molecule has 0 aromatic heterocycles. The predicted octanol–water partition coefficient (Wildman–Crippen LogP) is -0.0446. The van der Waals surface area contributed by atoms with Gasteiger partial charge in [0, 0.05) is 29.2 Å². The minimum Gasteiger partial charge on any atom is -0.510 e. The van der Waals surface area contributed by atoms with Gasteiger partial charge in [-0.25, -0.2) is 4.39 Å². The zero-order valence-electron chi connectivity index (χ0n) is 22.8. The van der Waals surface area contributed by atoms with E-state index in [4.69, 9.17) is 11.5 Å². The third-order valence-electron chi connectivity index (χ3n) is 8.70. The smallest absolute Gasteiger partial charge is 0.255 e. The fourth-order valence-corrected chi connectivity index (χ4v) is 6.11. The molecule has 12 nitrogen and oxygen atoms in total. The van der Waals surface area contributed by atoms with Crippen LogP contribution in [0, 0.1) is 17.7 Å². The van der Waals surface area contributed by atoms with E-state index in [1.165, 1.54) is 23.9 Å². The number of hydrogen-bond acceptors (Lipinski definition) is 10. The normalized spacial score (nSPS) is 26.7. The van der Waals surface area contributed by atoms with E-state index in [9.17, 15) is 39.6 Å². The lowest BCUT2D eigenvalue weighted by Gasteiger charge is -2.50. The van der Waals surface area contributed by atoms with Crippen LogP contribution in [0.3, 0.4) is 0 Å². The third kappa shape index (κ3) is 3.91. The maximum atomic E-state index is 15.9. The first-order valence-electron chi connectivity index (χ1n) is 12.6. The Bertz CT molecular complexity index is 1430. The van der Waals surface area contributed by atoms with Crippen LogP contribution >= 0.6 is 0 Å². The van der Waals surface area contributed by atoms with Crippen LogP contribution in [0.5, 0.6) is 5.75 Å². The van der Waals surface area contributed by atoms with E-state index in [1.807, 2.05) is 0 Å². The highest BCUT2D eigenvalue weighted by Gasteiger charge is 2.63. The lowest BCUT2D eigenvalue weighted by Crippen LogP contribution is -2.63. The Morgan fingerprint density at radius 1 is 1.15 bits per heavy atom. The van der Waals surface area contributed by atoms with Crippen molar-refractivity contribution in [3.05, 3.63) is 51.2 Å². The molecule has 1 aromatic rings. The van der Waals surface area contributed by atoms with Crippen LogP contribution in [0.2, 0.25) is 0 Å². The van der Waals surface area contributed by atoms with Gasteiger partial charge in [-0.2, -0.15) is 0 Å². The number of aromatic hydroxyl groups is 1. The molecule has 4 atom stereocenters. The molecule has 3 aliphatic carbocycles. The van der Waals surface area contributed by atoms with Gasteiger partial charge in [-0.05, 0) is 59.8 Å². The monoisotopic (exact) mass is 560 g/mol. The van der Waals surface area contributed by atoms with Crippen molar-refractivity contribution in [1.82, 2.24) is 9.80 Å². The van der Waals surface area contributed by atoms with Crippen molar-refractivity contribution in [2.24, 2.45) is 23.3 Å². The highest BCUT2D eigenvalue weighted by Crippen LogP contribution is 2.52. The van der Waals surface area contributed by atoms with Crippen LogP contribution in [0.4, 0.5) is 4.39 Å². The Morgan fingerprint density at radius 2 is 1.75 bits per heavy atom.